The average Bonchev–Trinajstić information content (AvgIpc) is 3.47. The smallest absolute Gasteiger partial charge is 0.295 e. The minimum absolute atomic E-state index is 0.0745. The van der Waals surface area contributed by atoms with Gasteiger partial charge in [0.2, 0.25) is 6.79 Å². The molecule has 3 aromatic carbocycles. The van der Waals surface area contributed by atoms with Crippen molar-refractivity contribution < 1.29 is 33.6 Å². The molecule has 1 N–H and O–H groups in total. The van der Waals surface area contributed by atoms with E-state index in [1.54, 1.807) is 60.7 Å². The zero-order valence-electron chi connectivity index (χ0n) is 20.2. The number of amides is 1. The van der Waals surface area contributed by atoms with E-state index in [4.69, 9.17) is 30.5 Å². The van der Waals surface area contributed by atoms with Gasteiger partial charge in [-0.2, -0.15) is 0 Å². The van der Waals surface area contributed by atoms with Gasteiger partial charge in [0, 0.05) is 12.1 Å². The number of hydrogen-bond donors (Lipinski definition) is 1. The van der Waals surface area contributed by atoms with Crippen LogP contribution in [0.25, 0.3) is 5.76 Å². The normalized spacial score (nSPS) is 17.8. The van der Waals surface area contributed by atoms with Crippen LogP contribution in [0.15, 0.2) is 66.2 Å². The fraction of sp³-hybridized carbons (Fsp3) is 0.214. The molecule has 0 aromatic heterocycles. The summed E-state index contributed by atoms with van der Waals surface area (Å²) in [7, 11) is 1.53. The third-order valence-electron chi connectivity index (χ3n) is 6.24. The van der Waals surface area contributed by atoms with Crippen molar-refractivity contribution in [3.05, 3.63) is 87.9 Å². The third kappa shape index (κ3) is 4.56. The molecule has 2 aliphatic rings. The van der Waals surface area contributed by atoms with Crippen molar-refractivity contribution in [3.8, 4) is 23.0 Å². The van der Waals surface area contributed by atoms with Gasteiger partial charge in [0.1, 0.15) is 17.3 Å². The Morgan fingerprint density at radius 3 is 2.65 bits per heavy atom. The molecule has 8 nitrogen and oxygen atoms in total. The van der Waals surface area contributed by atoms with Crippen LogP contribution in [0.1, 0.15) is 29.7 Å². The monoisotopic (exact) mass is 521 g/mol. The van der Waals surface area contributed by atoms with Crippen molar-refractivity contribution in [1.82, 2.24) is 4.90 Å². The molecule has 37 heavy (non-hydrogen) atoms. The first-order valence-corrected chi connectivity index (χ1v) is 12.0. The molecule has 5 rings (SSSR count). The number of aliphatic hydroxyl groups is 1. The van der Waals surface area contributed by atoms with E-state index in [0.29, 0.717) is 35.2 Å². The van der Waals surface area contributed by atoms with E-state index in [1.807, 2.05) is 6.92 Å². The molecule has 1 fully saturated rings. The van der Waals surface area contributed by atoms with Crippen LogP contribution >= 0.6 is 11.6 Å². The van der Waals surface area contributed by atoms with Crippen LogP contribution < -0.4 is 18.9 Å². The molecule has 1 atom stereocenters. The summed E-state index contributed by atoms with van der Waals surface area (Å²) in [4.78, 5) is 28.2. The highest BCUT2D eigenvalue weighted by molar-refractivity contribution is 6.47. The van der Waals surface area contributed by atoms with Crippen molar-refractivity contribution in [2.75, 3.05) is 20.5 Å². The molecule has 9 heteroatoms. The summed E-state index contributed by atoms with van der Waals surface area (Å²) < 4.78 is 21.8. The molecule has 0 bridgehead atoms. The molecule has 3 aromatic rings. The lowest BCUT2D eigenvalue weighted by molar-refractivity contribution is -0.140. The van der Waals surface area contributed by atoms with E-state index in [2.05, 4.69) is 0 Å². The molecular weight excluding hydrogens is 498 g/mol. The first-order chi connectivity index (χ1) is 17.9. The maximum absolute atomic E-state index is 13.4. The van der Waals surface area contributed by atoms with Gasteiger partial charge in [-0.05, 0) is 60.5 Å². The molecule has 190 valence electrons. The van der Waals surface area contributed by atoms with Crippen LogP contribution in [-0.2, 0) is 16.1 Å². The van der Waals surface area contributed by atoms with Gasteiger partial charge in [-0.3, -0.25) is 9.59 Å². The number of ether oxygens (including phenoxy) is 4. The molecule has 2 heterocycles. The second-order valence-electron chi connectivity index (χ2n) is 8.47. The Labute approximate surface area is 218 Å². The molecule has 1 amide bonds. The number of benzene rings is 3. The molecule has 0 radical (unpaired) electrons. The predicted octanol–water partition coefficient (Wildman–Crippen LogP) is 5.10. The van der Waals surface area contributed by atoms with Crippen LogP contribution in [-0.4, -0.2) is 42.2 Å². The molecule has 0 spiro atoms. The van der Waals surface area contributed by atoms with E-state index in [1.165, 1.54) is 12.0 Å². The molecule has 2 aliphatic heterocycles. The molecule has 1 unspecified atom stereocenters. The lowest BCUT2D eigenvalue weighted by atomic mass is 9.95. The quantitative estimate of drug-likeness (QED) is 0.262. The van der Waals surface area contributed by atoms with E-state index in [9.17, 15) is 14.7 Å². The third-order valence-corrected chi connectivity index (χ3v) is 6.57. The fourth-order valence-corrected chi connectivity index (χ4v) is 4.73. The van der Waals surface area contributed by atoms with Crippen LogP contribution in [0.4, 0.5) is 0 Å². The number of likely N-dealkylation sites (tertiary alicyclic amines) is 1. The highest BCUT2D eigenvalue weighted by Crippen LogP contribution is 2.43. The highest BCUT2D eigenvalue weighted by atomic mass is 35.5. The lowest BCUT2D eigenvalue weighted by Gasteiger charge is -2.26. The maximum Gasteiger partial charge on any atom is 0.295 e. The summed E-state index contributed by atoms with van der Waals surface area (Å²) in [5.41, 5.74) is 1.45. The van der Waals surface area contributed by atoms with Crippen LogP contribution in [0, 0.1) is 0 Å². The number of carbonyl (C=O) groups excluding carboxylic acids is 2. The van der Waals surface area contributed by atoms with E-state index >= 15 is 0 Å². The summed E-state index contributed by atoms with van der Waals surface area (Å²) in [5, 5.41) is 11.6. The van der Waals surface area contributed by atoms with Gasteiger partial charge >= 0.3 is 0 Å². The number of ketones is 1. The fourth-order valence-electron chi connectivity index (χ4n) is 4.52. The first kappa shape index (κ1) is 24.5. The second kappa shape index (κ2) is 10.1. The number of carbonyl (C=O) groups is 2. The zero-order chi connectivity index (χ0) is 26.1. The number of methoxy groups -OCH3 is 1. The minimum Gasteiger partial charge on any atom is -0.507 e. The van der Waals surface area contributed by atoms with Crippen molar-refractivity contribution in [2.45, 2.75) is 19.5 Å². The van der Waals surface area contributed by atoms with Crippen molar-refractivity contribution in [3.63, 3.8) is 0 Å². The van der Waals surface area contributed by atoms with Gasteiger partial charge in [0.15, 0.2) is 11.5 Å². The SMILES string of the molecule is CCOc1ccc(Cl)c(/C(O)=C2\C(=O)C(=O)N(Cc3ccc4c(c3)OCO4)C2c2cccc(OC)c2)c1. The number of aliphatic hydroxyl groups excluding tert-OH is 1. The number of halogens is 1. The lowest BCUT2D eigenvalue weighted by Crippen LogP contribution is -2.29. The standard InChI is InChI=1S/C28H24ClNO7/c1-3-35-19-8-9-21(29)20(13-19)26(31)24-25(17-5-4-6-18(12-17)34-2)30(28(33)27(24)32)14-16-7-10-22-23(11-16)37-15-36-22/h4-13,25,31H,3,14-15H2,1-2H3/b26-24+. The number of Topliss-reactive ketones (excluding diaryl/α,β-unsaturated/α-hetero) is 1. The van der Waals surface area contributed by atoms with Crippen molar-refractivity contribution >= 4 is 29.1 Å². The van der Waals surface area contributed by atoms with E-state index in [-0.39, 0.29) is 35.3 Å². The van der Waals surface area contributed by atoms with Gasteiger partial charge in [-0.25, -0.2) is 0 Å². The molecule has 0 aliphatic carbocycles. The average molecular weight is 522 g/mol. The van der Waals surface area contributed by atoms with Gasteiger partial charge in [0.25, 0.3) is 11.7 Å². The summed E-state index contributed by atoms with van der Waals surface area (Å²) in [6.45, 7) is 2.45. The van der Waals surface area contributed by atoms with Crippen molar-refractivity contribution in [1.29, 1.82) is 0 Å². The largest absolute Gasteiger partial charge is 0.507 e. The molecular formula is C28H24ClNO7. The Morgan fingerprint density at radius 2 is 1.86 bits per heavy atom. The molecule has 1 saturated heterocycles. The second-order valence-corrected chi connectivity index (χ2v) is 8.87. The van der Waals surface area contributed by atoms with E-state index < -0.39 is 17.7 Å². The Balaban J connectivity index is 1.64. The van der Waals surface area contributed by atoms with Crippen molar-refractivity contribution in [2.24, 2.45) is 0 Å². The number of fused-ring (bicyclic) bond motifs is 1. The summed E-state index contributed by atoms with van der Waals surface area (Å²) in [5.74, 6) is 0.244. The Bertz CT molecular complexity index is 1420. The highest BCUT2D eigenvalue weighted by Gasteiger charge is 2.46. The number of rotatable bonds is 7. The maximum atomic E-state index is 13.4. The van der Waals surface area contributed by atoms with Crippen LogP contribution in [0.3, 0.4) is 0 Å². The minimum atomic E-state index is -0.896. The Kier molecular flexibility index (Phi) is 6.67. The summed E-state index contributed by atoms with van der Waals surface area (Å²) in [6.07, 6.45) is 0. The Morgan fingerprint density at radius 1 is 1.05 bits per heavy atom. The van der Waals surface area contributed by atoms with Gasteiger partial charge in [-0.1, -0.05) is 29.8 Å². The molecule has 0 saturated carbocycles. The summed E-state index contributed by atoms with van der Waals surface area (Å²) >= 11 is 6.41. The van der Waals surface area contributed by atoms with Gasteiger partial charge in [-0.15, -0.1) is 0 Å². The Hall–Kier alpha value is -4.17. The van der Waals surface area contributed by atoms with E-state index in [0.717, 1.165) is 5.56 Å². The van der Waals surface area contributed by atoms with Crippen LogP contribution in [0.2, 0.25) is 5.02 Å². The first-order valence-electron chi connectivity index (χ1n) is 11.6. The number of hydrogen-bond acceptors (Lipinski definition) is 7. The summed E-state index contributed by atoms with van der Waals surface area (Å²) in [6, 6.07) is 16.3. The number of nitrogens with zero attached hydrogens (tertiary/aromatic N) is 1. The van der Waals surface area contributed by atoms with Gasteiger partial charge < -0.3 is 29.0 Å². The predicted molar refractivity (Wildman–Crippen MR) is 136 cm³/mol. The zero-order valence-corrected chi connectivity index (χ0v) is 20.9. The van der Waals surface area contributed by atoms with Crippen LogP contribution in [0.5, 0.6) is 23.0 Å². The topological polar surface area (TPSA) is 94.5 Å². The van der Waals surface area contributed by atoms with Gasteiger partial charge in [0.05, 0.1) is 30.4 Å².